The fourth-order valence-electron chi connectivity index (χ4n) is 2.50. The fraction of sp³-hybridized carbons (Fsp3) is 0.733. The van der Waals surface area contributed by atoms with Gasteiger partial charge in [0.15, 0.2) is 18.5 Å². The summed E-state index contributed by atoms with van der Waals surface area (Å²) in [4.78, 5) is 25.4. The van der Waals surface area contributed by atoms with E-state index >= 15 is 0 Å². The largest absolute Gasteiger partial charge is 0.454 e. The first kappa shape index (κ1) is 16.9. The Morgan fingerprint density at radius 3 is 2.55 bits per heavy atom. The highest BCUT2D eigenvalue weighted by Gasteiger charge is 2.40. The maximum atomic E-state index is 12.1. The van der Waals surface area contributed by atoms with E-state index in [1.165, 1.54) is 0 Å². The van der Waals surface area contributed by atoms with E-state index in [4.69, 9.17) is 18.9 Å². The third-order valence-electron chi connectivity index (χ3n) is 3.83. The van der Waals surface area contributed by atoms with Crippen molar-refractivity contribution >= 4 is 11.9 Å². The van der Waals surface area contributed by atoms with Crippen molar-refractivity contribution in [3.8, 4) is 0 Å². The summed E-state index contributed by atoms with van der Waals surface area (Å²) >= 11 is 0. The van der Waals surface area contributed by atoms with Crippen molar-refractivity contribution < 1.29 is 28.5 Å². The van der Waals surface area contributed by atoms with Crippen LogP contribution in [0.2, 0.25) is 0 Å². The summed E-state index contributed by atoms with van der Waals surface area (Å²) in [6, 6.07) is 0. The van der Waals surface area contributed by atoms with Gasteiger partial charge in [-0.05, 0) is 6.92 Å². The summed E-state index contributed by atoms with van der Waals surface area (Å²) in [6.07, 6.45) is 2.12. The van der Waals surface area contributed by atoms with Gasteiger partial charge in [0.25, 0.3) is 5.91 Å². The second kappa shape index (κ2) is 7.71. The second-order valence-corrected chi connectivity index (χ2v) is 5.36. The highest BCUT2D eigenvalue weighted by atomic mass is 16.7. The summed E-state index contributed by atoms with van der Waals surface area (Å²) in [5.74, 6) is -1.27. The monoisotopic (exact) mass is 313 g/mol. The molecular formula is C15H23NO6. The van der Waals surface area contributed by atoms with Crippen molar-refractivity contribution in [1.29, 1.82) is 0 Å². The van der Waals surface area contributed by atoms with E-state index in [0.29, 0.717) is 39.1 Å². The summed E-state index contributed by atoms with van der Waals surface area (Å²) in [7, 11) is 0. The third kappa shape index (κ3) is 4.28. The Morgan fingerprint density at radius 2 is 1.95 bits per heavy atom. The normalized spacial score (nSPS) is 21.6. The van der Waals surface area contributed by atoms with Gasteiger partial charge >= 0.3 is 5.97 Å². The van der Waals surface area contributed by atoms with Gasteiger partial charge in [0.2, 0.25) is 0 Å². The van der Waals surface area contributed by atoms with Crippen LogP contribution in [0.4, 0.5) is 0 Å². The molecule has 1 unspecified atom stereocenters. The summed E-state index contributed by atoms with van der Waals surface area (Å²) in [6.45, 7) is 7.36. The van der Waals surface area contributed by atoms with Gasteiger partial charge in [0.1, 0.15) is 0 Å². The topological polar surface area (TPSA) is 74.3 Å². The fourth-order valence-corrected chi connectivity index (χ4v) is 2.50. The van der Waals surface area contributed by atoms with Gasteiger partial charge in [0, 0.05) is 25.9 Å². The quantitative estimate of drug-likeness (QED) is 0.525. The number of nitrogens with zero attached hydrogens (tertiary/aromatic N) is 1. The molecule has 1 atom stereocenters. The molecule has 0 N–H and O–H groups in total. The molecule has 0 aromatic heterocycles. The number of hydrogen-bond donors (Lipinski definition) is 0. The maximum absolute atomic E-state index is 12.1. The second-order valence-electron chi connectivity index (χ2n) is 5.36. The van der Waals surface area contributed by atoms with Crippen molar-refractivity contribution in [2.75, 3.05) is 39.5 Å². The molecule has 1 spiro atoms. The van der Waals surface area contributed by atoms with Gasteiger partial charge in [-0.25, -0.2) is 4.79 Å². The van der Waals surface area contributed by atoms with Crippen molar-refractivity contribution in [3.05, 3.63) is 12.7 Å². The van der Waals surface area contributed by atoms with Crippen LogP contribution in [-0.2, 0) is 28.5 Å². The lowest BCUT2D eigenvalue weighted by atomic mass is 10.0. The van der Waals surface area contributed by atoms with Crippen LogP contribution >= 0.6 is 0 Å². The molecule has 2 heterocycles. The molecule has 0 aromatic rings. The molecule has 2 saturated heterocycles. The Morgan fingerprint density at radius 1 is 1.32 bits per heavy atom. The Hall–Kier alpha value is -1.44. The number of ether oxygens (including phenoxy) is 4. The number of rotatable bonds is 6. The average Bonchev–Trinajstić information content (AvgIpc) is 2.98. The van der Waals surface area contributed by atoms with E-state index < -0.39 is 17.9 Å². The highest BCUT2D eigenvalue weighted by Crippen LogP contribution is 2.31. The minimum atomic E-state index is -0.712. The molecule has 2 rings (SSSR count). The summed E-state index contributed by atoms with van der Waals surface area (Å²) in [5, 5.41) is 0. The van der Waals surface area contributed by atoms with Crippen LogP contribution in [0.15, 0.2) is 12.7 Å². The zero-order valence-electron chi connectivity index (χ0n) is 12.9. The zero-order chi connectivity index (χ0) is 16.0. The van der Waals surface area contributed by atoms with Gasteiger partial charge < -0.3 is 23.8 Å². The van der Waals surface area contributed by atoms with Gasteiger partial charge in [0.05, 0.1) is 19.8 Å². The Balaban J connectivity index is 1.69. The third-order valence-corrected chi connectivity index (χ3v) is 3.83. The molecule has 0 saturated carbocycles. The predicted octanol–water partition coefficient (Wildman–Crippen LogP) is 0.486. The van der Waals surface area contributed by atoms with Crippen LogP contribution in [-0.4, -0.2) is 68.2 Å². The zero-order valence-corrected chi connectivity index (χ0v) is 12.9. The van der Waals surface area contributed by atoms with Gasteiger partial charge in [-0.2, -0.15) is 0 Å². The molecule has 1 amide bonds. The number of esters is 1. The van der Waals surface area contributed by atoms with E-state index in [0.717, 1.165) is 0 Å². The molecular weight excluding hydrogens is 290 g/mol. The summed E-state index contributed by atoms with van der Waals surface area (Å²) in [5.41, 5.74) is 0. The van der Waals surface area contributed by atoms with E-state index in [2.05, 4.69) is 6.58 Å². The minimum Gasteiger partial charge on any atom is -0.454 e. The molecule has 7 nitrogen and oxygen atoms in total. The molecule has 124 valence electrons. The van der Waals surface area contributed by atoms with E-state index in [1.807, 2.05) is 0 Å². The van der Waals surface area contributed by atoms with Gasteiger partial charge in [-0.1, -0.05) is 6.08 Å². The highest BCUT2D eigenvalue weighted by molar-refractivity contribution is 5.82. The Bertz CT molecular complexity index is 408. The predicted molar refractivity (Wildman–Crippen MR) is 77.0 cm³/mol. The molecule has 2 aliphatic rings. The van der Waals surface area contributed by atoms with Crippen LogP contribution < -0.4 is 0 Å². The molecule has 2 fully saturated rings. The first-order valence-corrected chi connectivity index (χ1v) is 7.51. The molecule has 0 radical (unpaired) electrons. The lowest BCUT2D eigenvalue weighted by Gasteiger charge is -2.37. The van der Waals surface area contributed by atoms with Crippen molar-refractivity contribution in [3.63, 3.8) is 0 Å². The molecule has 0 bridgehead atoms. The molecule has 0 aliphatic carbocycles. The number of carbonyl (C=O) groups excluding carboxylic acids is 2. The van der Waals surface area contributed by atoms with E-state index in [-0.39, 0.29) is 19.1 Å². The SMILES string of the molecule is C=CCOC(C)C(=O)OCC(=O)N1CCC2(CC1)OCCO2. The van der Waals surface area contributed by atoms with E-state index in [9.17, 15) is 9.59 Å². The van der Waals surface area contributed by atoms with Crippen LogP contribution in [0.3, 0.4) is 0 Å². The van der Waals surface area contributed by atoms with Gasteiger partial charge in [-0.3, -0.25) is 4.79 Å². The van der Waals surface area contributed by atoms with Crippen molar-refractivity contribution in [2.45, 2.75) is 31.7 Å². The standard InChI is InChI=1S/C15H23NO6/c1-3-8-19-12(2)14(18)20-11-13(17)16-6-4-15(5-7-16)21-9-10-22-15/h3,12H,1,4-11H2,2H3. The number of carbonyl (C=O) groups is 2. The lowest BCUT2D eigenvalue weighted by molar-refractivity contribution is -0.189. The molecule has 22 heavy (non-hydrogen) atoms. The van der Waals surface area contributed by atoms with Crippen molar-refractivity contribution in [2.24, 2.45) is 0 Å². The van der Waals surface area contributed by atoms with Crippen LogP contribution in [0.25, 0.3) is 0 Å². The first-order chi connectivity index (χ1) is 10.6. The molecule has 7 heteroatoms. The maximum Gasteiger partial charge on any atom is 0.335 e. The Kier molecular flexibility index (Phi) is 5.93. The molecule has 2 aliphatic heterocycles. The van der Waals surface area contributed by atoms with Crippen molar-refractivity contribution in [1.82, 2.24) is 4.90 Å². The van der Waals surface area contributed by atoms with Crippen LogP contribution in [0.1, 0.15) is 19.8 Å². The smallest absolute Gasteiger partial charge is 0.335 e. The van der Waals surface area contributed by atoms with E-state index in [1.54, 1.807) is 17.9 Å². The first-order valence-electron chi connectivity index (χ1n) is 7.51. The minimum absolute atomic E-state index is 0.211. The van der Waals surface area contributed by atoms with Crippen LogP contribution in [0, 0.1) is 0 Å². The number of hydrogen-bond acceptors (Lipinski definition) is 6. The summed E-state index contributed by atoms with van der Waals surface area (Å²) < 4.78 is 21.3. The number of likely N-dealkylation sites (tertiary alicyclic amines) is 1. The Labute approximate surface area is 130 Å². The van der Waals surface area contributed by atoms with Crippen LogP contribution in [0.5, 0.6) is 0 Å². The lowest BCUT2D eigenvalue weighted by Crippen LogP contribution is -2.48. The number of amides is 1. The van der Waals surface area contributed by atoms with Gasteiger partial charge in [-0.15, -0.1) is 6.58 Å². The molecule has 0 aromatic carbocycles. The average molecular weight is 313 g/mol. The number of piperidine rings is 1.